The van der Waals surface area contributed by atoms with Crippen LogP contribution in [-0.4, -0.2) is 25.5 Å². The molecule has 0 radical (unpaired) electrons. The Morgan fingerprint density at radius 2 is 2.25 bits per heavy atom. The lowest BCUT2D eigenvalue weighted by Crippen LogP contribution is -2.04. The Kier molecular flexibility index (Phi) is 3.40. The fraction of sp³-hybridized carbons (Fsp3) is 0.300. The second kappa shape index (κ2) is 4.98. The molecule has 0 atom stereocenters. The summed E-state index contributed by atoms with van der Waals surface area (Å²) in [6.45, 7) is 2.14. The molecule has 0 aliphatic heterocycles. The molecule has 2 aromatic rings. The van der Waals surface area contributed by atoms with E-state index < -0.39 is 0 Å². The van der Waals surface area contributed by atoms with E-state index in [2.05, 4.69) is 22.0 Å². The van der Waals surface area contributed by atoms with Crippen molar-refractivity contribution in [3.05, 3.63) is 24.8 Å². The second-order valence-electron chi connectivity index (χ2n) is 3.22. The molecule has 6 heteroatoms. The number of hydrogen-bond donors (Lipinski definition) is 1. The minimum Gasteiger partial charge on any atom is -0.383 e. The average molecular weight is 235 g/mol. The molecule has 16 heavy (non-hydrogen) atoms. The van der Waals surface area contributed by atoms with Gasteiger partial charge in [-0.1, -0.05) is 6.92 Å². The Bertz CT molecular complexity index is 453. The molecular weight excluding hydrogens is 222 g/mol. The lowest BCUT2D eigenvalue weighted by atomic mass is 10.6. The molecule has 2 aromatic heterocycles. The monoisotopic (exact) mass is 235 g/mol. The summed E-state index contributed by atoms with van der Waals surface area (Å²) in [6, 6.07) is 0. The number of rotatable bonds is 4. The lowest BCUT2D eigenvalue weighted by Gasteiger charge is -2.02. The molecule has 0 saturated heterocycles. The highest BCUT2D eigenvalue weighted by atomic mass is 32.2. The maximum absolute atomic E-state index is 5.99. The zero-order valence-electron chi connectivity index (χ0n) is 9.00. The predicted molar refractivity (Wildman–Crippen MR) is 64.6 cm³/mol. The summed E-state index contributed by atoms with van der Waals surface area (Å²) in [5, 5.41) is 4.21. The lowest BCUT2D eigenvalue weighted by molar-refractivity contribution is 0.847. The molecule has 0 aromatic carbocycles. The third-order valence-corrected chi connectivity index (χ3v) is 3.24. The van der Waals surface area contributed by atoms with Crippen LogP contribution in [0.1, 0.15) is 13.3 Å². The van der Waals surface area contributed by atoms with Crippen LogP contribution in [0.3, 0.4) is 0 Å². The smallest absolute Gasteiger partial charge is 0.174 e. The van der Waals surface area contributed by atoms with Crippen LogP contribution in [0.5, 0.6) is 0 Å². The van der Waals surface area contributed by atoms with E-state index in [4.69, 9.17) is 5.73 Å². The van der Waals surface area contributed by atoms with Gasteiger partial charge in [-0.25, -0.2) is 4.98 Å². The molecule has 0 saturated carbocycles. The van der Waals surface area contributed by atoms with Crippen LogP contribution in [0, 0.1) is 0 Å². The van der Waals surface area contributed by atoms with Gasteiger partial charge in [-0.15, -0.1) is 11.8 Å². The van der Waals surface area contributed by atoms with Gasteiger partial charge < -0.3 is 5.73 Å². The van der Waals surface area contributed by atoms with Crippen molar-refractivity contribution in [1.82, 2.24) is 19.7 Å². The fourth-order valence-electron chi connectivity index (χ4n) is 1.25. The van der Waals surface area contributed by atoms with Crippen LogP contribution >= 0.6 is 11.8 Å². The first-order valence-electron chi connectivity index (χ1n) is 5.05. The van der Waals surface area contributed by atoms with Crippen molar-refractivity contribution in [3.8, 4) is 5.82 Å². The van der Waals surface area contributed by atoms with Crippen LogP contribution in [-0.2, 0) is 0 Å². The summed E-state index contributed by atoms with van der Waals surface area (Å²) in [7, 11) is 0. The normalized spacial score (nSPS) is 10.6. The highest BCUT2D eigenvalue weighted by Gasteiger charge is 2.09. The van der Waals surface area contributed by atoms with Gasteiger partial charge in [0.15, 0.2) is 5.82 Å². The Hall–Kier alpha value is -1.56. The van der Waals surface area contributed by atoms with Gasteiger partial charge in [-0.05, 0) is 12.2 Å². The van der Waals surface area contributed by atoms with Crippen molar-refractivity contribution in [2.75, 3.05) is 11.5 Å². The van der Waals surface area contributed by atoms with Gasteiger partial charge in [0.25, 0.3) is 0 Å². The van der Waals surface area contributed by atoms with E-state index in [1.165, 1.54) is 0 Å². The number of nitrogens with two attached hydrogens (primary N) is 1. The van der Waals surface area contributed by atoms with Crippen molar-refractivity contribution < 1.29 is 0 Å². The van der Waals surface area contributed by atoms with Gasteiger partial charge in [-0.2, -0.15) is 9.78 Å². The molecule has 0 aliphatic carbocycles. The minimum atomic E-state index is 0.624. The van der Waals surface area contributed by atoms with Crippen molar-refractivity contribution in [2.24, 2.45) is 0 Å². The maximum atomic E-state index is 5.99. The van der Waals surface area contributed by atoms with Crippen LogP contribution in [0.15, 0.2) is 29.7 Å². The predicted octanol–water partition coefficient (Wildman–Crippen LogP) is 1.75. The van der Waals surface area contributed by atoms with Crippen LogP contribution in [0.4, 0.5) is 5.82 Å². The summed E-state index contributed by atoms with van der Waals surface area (Å²) >= 11 is 1.71. The third kappa shape index (κ3) is 2.16. The quantitative estimate of drug-likeness (QED) is 0.817. The van der Waals surface area contributed by atoms with E-state index >= 15 is 0 Å². The first-order chi connectivity index (χ1) is 7.83. The highest BCUT2D eigenvalue weighted by Crippen LogP contribution is 2.26. The number of thioether (sulfide) groups is 1. The molecule has 0 amide bonds. The molecule has 2 heterocycles. The molecule has 84 valence electrons. The van der Waals surface area contributed by atoms with Gasteiger partial charge in [-0.3, -0.25) is 4.98 Å². The molecule has 0 spiro atoms. The van der Waals surface area contributed by atoms with Crippen molar-refractivity contribution in [2.45, 2.75) is 18.2 Å². The van der Waals surface area contributed by atoms with Crippen molar-refractivity contribution in [1.29, 1.82) is 0 Å². The zero-order valence-corrected chi connectivity index (χ0v) is 9.81. The number of aromatic nitrogens is 4. The molecule has 0 unspecified atom stereocenters. The molecule has 0 bridgehead atoms. The first-order valence-corrected chi connectivity index (χ1v) is 6.04. The summed E-state index contributed by atoms with van der Waals surface area (Å²) in [6.07, 6.45) is 7.76. The van der Waals surface area contributed by atoms with E-state index in [9.17, 15) is 0 Å². The minimum absolute atomic E-state index is 0.624. The third-order valence-electron chi connectivity index (χ3n) is 2.00. The summed E-state index contributed by atoms with van der Waals surface area (Å²) in [4.78, 5) is 9.13. The van der Waals surface area contributed by atoms with Crippen molar-refractivity contribution >= 4 is 17.6 Å². The standard InChI is InChI=1S/C10H13N5S/c1-2-5-16-8-6-14-15(10(8)11)9-7-12-3-4-13-9/h3-4,6-7H,2,5,11H2,1H3. The Labute approximate surface area is 98.1 Å². The number of anilines is 1. The Morgan fingerprint density at radius 1 is 1.38 bits per heavy atom. The first kappa shape index (κ1) is 10.9. The average Bonchev–Trinajstić information content (AvgIpc) is 2.69. The molecule has 5 nitrogen and oxygen atoms in total. The van der Waals surface area contributed by atoms with Gasteiger partial charge >= 0.3 is 0 Å². The number of nitrogens with zero attached hydrogens (tertiary/aromatic N) is 4. The van der Waals surface area contributed by atoms with Gasteiger partial charge in [0, 0.05) is 12.4 Å². The van der Waals surface area contributed by atoms with Crippen LogP contribution in [0.25, 0.3) is 5.82 Å². The fourth-order valence-corrected chi connectivity index (χ4v) is 2.03. The van der Waals surface area contributed by atoms with Crippen LogP contribution in [0.2, 0.25) is 0 Å². The maximum Gasteiger partial charge on any atom is 0.174 e. The molecular formula is C10H13N5S. The van der Waals surface area contributed by atoms with E-state index in [1.807, 2.05) is 0 Å². The van der Waals surface area contributed by atoms with E-state index in [1.54, 1.807) is 41.2 Å². The number of hydrogen-bond acceptors (Lipinski definition) is 5. The molecule has 2 N–H and O–H groups in total. The van der Waals surface area contributed by atoms with E-state index in [0.29, 0.717) is 11.6 Å². The Balaban J connectivity index is 2.27. The van der Waals surface area contributed by atoms with E-state index in [-0.39, 0.29) is 0 Å². The SMILES string of the molecule is CCCSc1cnn(-c2cnccn2)c1N. The van der Waals surface area contributed by atoms with Gasteiger partial charge in [0.1, 0.15) is 5.82 Å². The van der Waals surface area contributed by atoms with Crippen molar-refractivity contribution in [3.63, 3.8) is 0 Å². The summed E-state index contributed by atoms with van der Waals surface area (Å²) in [5.74, 6) is 2.30. The van der Waals surface area contributed by atoms with Crippen LogP contribution < -0.4 is 5.73 Å². The molecule has 0 aliphatic rings. The summed E-state index contributed by atoms with van der Waals surface area (Å²) in [5.41, 5.74) is 5.99. The molecule has 0 fully saturated rings. The summed E-state index contributed by atoms with van der Waals surface area (Å²) < 4.78 is 1.60. The number of nitrogen functional groups attached to an aromatic ring is 1. The van der Waals surface area contributed by atoms with Gasteiger partial charge in [0.2, 0.25) is 0 Å². The Morgan fingerprint density at radius 3 is 2.94 bits per heavy atom. The zero-order chi connectivity index (χ0) is 11.4. The van der Waals surface area contributed by atoms with E-state index in [0.717, 1.165) is 17.1 Å². The van der Waals surface area contributed by atoms with Gasteiger partial charge in [0.05, 0.1) is 17.3 Å². The topological polar surface area (TPSA) is 69.6 Å². The molecule has 2 rings (SSSR count). The largest absolute Gasteiger partial charge is 0.383 e. The second-order valence-corrected chi connectivity index (χ2v) is 4.35. The highest BCUT2D eigenvalue weighted by molar-refractivity contribution is 7.99.